The molecule has 0 saturated heterocycles. The molecule has 2 N–H and O–H groups in total. The molecule has 1 atom stereocenters. The number of aryl methyl sites for hydroxylation is 1. The summed E-state index contributed by atoms with van der Waals surface area (Å²) in [6, 6.07) is 6.05. The van der Waals surface area contributed by atoms with E-state index in [-0.39, 0.29) is 5.92 Å². The Hall–Kier alpha value is -1.31. The molecule has 2 nitrogen and oxygen atoms in total. The van der Waals surface area contributed by atoms with Crippen molar-refractivity contribution in [2.45, 2.75) is 44.9 Å². The van der Waals surface area contributed by atoms with Crippen LogP contribution >= 0.6 is 0 Å². The Kier molecular flexibility index (Phi) is 3.28. The number of hydrogen-bond acceptors (Lipinski definition) is 2. The van der Waals surface area contributed by atoms with E-state index >= 15 is 0 Å². The Balaban J connectivity index is 2.27. The largest absolute Gasteiger partial charge is 0.399 e. The maximum absolute atomic E-state index is 12.0. The molecule has 0 heterocycles. The van der Waals surface area contributed by atoms with Crippen molar-refractivity contribution in [3.8, 4) is 0 Å². The summed E-state index contributed by atoms with van der Waals surface area (Å²) in [5.41, 5.74) is 8.90. The third-order valence-corrected chi connectivity index (χ3v) is 3.51. The molecule has 86 valence electrons. The zero-order chi connectivity index (χ0) is 11.5. The zero-order valence-electron chi connectivity index (χ0n) is 9.83. The van der Waals surface area contributed by atoms with Crippen molar-refractivity contribution < 1.29 is 4.79 Å². The second kappa shape index (κ2) is 4.69. The summed E-state index contributed by atoms with van der Waals surface area (Å²) < 4.78 is 0. The van der Waals surface area contributed by atoms with Gasteiger partial charge in [0.05, 0.1) is 0 Å². The summed E-state index contributed by atoms with van der Waals surface area (Å²) in [7, 11) is 0. The fourth-order valence-electron chi connectivity index (χ4n) is 2.39. The number of anilines is 1. The number of carbonyl (C=O) groups excluding carboxylic acids is 1. The molecule has 0 aliphatic heterocycles. The lowest BCUT2D eigenvalue weighted by Gasteiger charge is -2.14. The highest BCUT2D eigenvalue weighted by molar-refractivity contribution is 5.86. The summed E-state index contributed by atoms with van der Waals surface area (Å²) in [5.74, 6) is 0.478. The smallest absolute Gasteiger partial charge is 0.140 e. The van der Waals surface area contributed by atoms with Crippen molar-refractivity contribution in [3.63, 3.8) is 0 Å². The minimum Gasteiger partial charge on any atom is -0.399 e. The van der Waals surface area contributed by atoms with Crippen LogP contribution in [0.15, 0.2) is 18.2 Å². The number of benzene rings is 1. The first-order chi connectivity index (χ1) is 7.68. The van der Waals surface area contributed by atoms with Gasteiger partial charge in [-0.05, 0) is 37.0 Å². The standard InChI is InChI=1S/C14H19NO/c1-10-7-8-11(9-13(10)15)12-5-3-2-4-6-14(12)16/h7-9,12H,2-6,15H2,1H3. The van der Waals surface area contributed by atoms with Crippen LogP contribution in [0.1, 0.15) is 49.1 Å². The van der Waals surface area contributed by atoms with E-state index in [1.807, 2.05) is 19.1 Å². The SMILES string of the molecule is Cc1ccc(C2CCCCCC2=O)cc1N. The maximum Gasteiger partial charge on any atom is 0.140 e. The van der Waals surface area contributed by atoms with Crippen LogP contribution in [-0.2, 0) is 4.79 Å². The molecule has 1 saturated carbocycles. The van der Waals surface area contributed by atoms with Crippen LogP contribution in [0, 0.1) is 6.92 Å². The minimum absolute atomic E-state index is 0.0883. The fraction of sp³-hybridized carbons (Fsp3) is 0.500. The first-order valence-corrected chi connectivity index (χ1v) is 6.07. The van der Waals surface area contributed by atoms with Gasteiger partial charge in [0.25, 0.3) is 0 Å². The van der Waals surface area contributed by atoms with E-state index in [1.165, 1.54) is 6.42 Å². The van der Waals surface area contributed by atoms with Crippen molar-refractivity contribution in [3.05, 3.63) is 29.3 Å². The van der Waals surface area contributed by atoms with Crippen molar-refractivity contribution in [1.29, 1.82) is 0 Å². The normalized spacial score (nSPS) is 21.8. The number of carbonyl (C=O) groups is 1. The van der Waals surface area contributed by atoms with Gasteiger partial charge in [-0.2, -0.15) is 0 Å². The highest BCUT2D eigenvalue weighted by Crippen LogP contribution is 2.30. The predicted molar refractivity (Wildman–Crippen MR) is 66.4 cm³/mol. The molecule has 1 aliphatic rings. The molecule has 1 aliphatic carbocycles. The van der Waals surface area contributed by atoms with Gasteiger partial charge in [0.1, 0.15) is 5.78 Å². The van der Waals surface area contributed by atoms with Crippen LogP contribution in [0.3, 0.4) is 0 Å². The quantitative estimate of drug-likeness (QED) is 0.580. The average molecular weight is 217 g/mol. The number of rotatable bonds is 1. The van der Waals surface area contributed by atoms with Crippen LogP contribution in [0.4, 0.5) is 5.69 Å². The molecule has 2 rings (SSSR count). The number of ketones is 1. The molecule has 0 radical (unpaired) electrons. The average Bonchev–Trinajstić information content (AvgIpc) is 2.47. The number of hydrogen-bond donors (Lipinski definition) is 1. The van der Waals surface area contributed by atoms with E-state index in [2.05, 4.69) is 6.07 Å². The van der Waals surface area contributed by atoms with Gasteiger partial charge in [0.15, 0.2) is 0 Å². The van der Waals surface area contributed by atoms with Gasteiger partial charge in [0.2, 0.25) is 0 Å². The lowest BCUT2D eigenvalue weighted by Crippen LogP contribution is -2.10. The summed E-state index contributed by atoms with van der Waals surface area (Å²) in [5, 5.41) is 0. The highest BCUT2D eigenvalue weighted by Gasteiger charge is 2.22. The third-order valence-electron chi connectivity index (χ3n) is 3.51. The van der Waals surface area contributed by atoms with Crippen LogP contribution in [0.5, 0.6) is 0 Å². The van der Waals surface area contributed by atoms with Gasteiger partial charge in [-0.1, -0.05) is 25.0 Å². The number of nitrogen functional groups attached to an aromatic ring is 1. The predicted octanol–water partition coefficient (Wildman–Crippen LogP) is 3.19. The molecule has 2 heteroatoms. The molecular formula is C14H19NO. The Morgan fingerprint density at radius 2 is 2.06 bits per heavy atom. The van der Waals surface area contributed by atoms with Crippen LogP contribution in [0.2, 0.25) is 0 Å². The first-order valence-electron chi connectivity index (χ1n) is 6.07. The second-order valence-corrected chi connectivity index (χ2v) is 4.73. The first kappa shape index (κ1) is 11.2. The molecule has 0 bridgehead atoms. The number of Topliss-reactive ketones (excluding diaryl/α,β-unsaturated/α-hetero) is 1. The van der Waals surface area contributed by atoms with E-state index in [4.69, 9.17) is 5.73 Å². The lowest BCUT2D eigenvalue weighted by molar-refractivity contribution is -0.120. The Bertz CT molecular complexity index is 398. The summed E-state index contributed by atoms with van der Waals surface area (Å²) in [6.07, 6.45) is 5.12. The van der Waals surface area contributed by atoms with Crippen molar-refractivity contribution >= 4 is 11.5 Å². The fourth-order valence-corrected chi connectivity index (χ4v) is 2.39. The molecule has 0 spiro atoms. The van der Waals surface area contributed by atoms with Gasteiger partial charge >= 0.3 is 0 Å². The van der Waals surface area contributed by atoms with Crippen LogP contribution < -0.4 is 5.73 Å². The van der Waals surface area contributed by atoms with Crippen molar-refractivity contribution in [1.82, 2.24) is 0 Å². The molecule has 0 amide bonds. The van der Waals surface area contributed by atoms with Gasteiger partial charge in [-0.25, -0.2) is 0 Å². The maximum atomic E-state index is 12.0. The molecule has 0 aromatic heterocycles. The van der Waals surface area contributed by atoms with E-state index in [0.29, 0.717) is 5.78 Å². The van der Waals surface area contributed by atoms with Gasteiger partial charge in [0, 0.05) is 18.0 Å². The van der Waals surface area contributed by atoms with Gasteiger partial charge < -0.3 is 5.73 Å². The van der Waals surface area contributed by atoms with E-state index in [0.717, 1.165) is 42.5 Å². The number of nitrogens with two attached hydrogens (primary N) is 1. The molecule has 1 unspecified atom stereocenters. The molecular weight excluding hydrogens is 198 g/mol. The highest BCUT2D eigenvalue weighted by atomic mass is 16.1. The van der Waals surface area contributed by atoms with E-state index in [1.54, 1.807) is 0 Å². The Labute approximate surface area is 96.8 Å². The summed E-state index contributed by atoms with van der Waals surface area (Å²) in [4.78, 5) is 12.0. The van der Waals surface area contributed by atoms with Crippen LogP contribution in [0.25, 0.3) is 0 Å². The molecule has 1 aromatic carbocycles. The Morgan fingerprint density at radius 1 is 1.25 bits per heavy atom. The zero-order valence-corrected chi connectivity index (χ0v) is 9.83. The second-order valence-electron chi connectivity index (χ2n) is 4.73. The van der Waals surface area contributed by atoms with E-state index < -0.39 is 0 Å². The Morgan fingerprint density at radius 3 is 2.81 bits per heavy atom. The van der Waals surface area contributed by atoms with Gasteiger partial charge in [-0.3, -0.25) is 4.79 Å². The lowest BCUT2D eigenvalue weighted by atomic mass is 9.90. The summed E-state index contributed by atoms with van der Waals surface area (Å²) >= 11 is 0. The molecule has 1 aromatic rings. The minimum atomic E-state index is 0.0883. The van der Waals surface area contributed by atoms with Gasteiger partial charge in [-0.15, -0.1) is 0 Å². The molecule has 1 fully saturated rings. The topological polar surface area (TPSA) is 43.1 Å². The van der Waals surface area contributed by atoms with Crippen molar-refractivity contribution in [2.24, 2.45) is 0 Å². The van der Waals surface area contributed by atoms with Crippen molar-refractivity contribution in [2.75, 3.05) is 5.73 Å². The summed E-state index contributed by atoms with van der Waals surface area (Å²) in [6.45, 7) is 1.99. The monoisotopic (exact) mass is 217 g/mol. The molecule has 16 heavy (non-hydrogen) atoms. The van der Waals surface area contributed by atoms with E-state index in [9.17, 15) is 4.79 Å². The van der Waals surface area contributed by atoms with Crippen LogP contribution in [-0.4, -0.2) is 5.78 Å². The third kappa shape index (κ3) is 2.26.